The smallest absolute Gasteiger partial charge is 0.117 e. The van der Waals surface area contributed by atoms with E-state index in [1.807, 2.05) is 6.21 Å². The molecule has 0 spiro atoms. The SMILES string of the molecule is COC1(C2=CC[C@](Cl)(I)C=C2)CC=NCC1. The van der Waals surface area contributed by atoms with E-state index in [4.69, 9.17) is 16.3 Å². The van der Waals surface area contributed by atoms with Gasteiger partial charge in [-0.15, -0.1) is 11.6 Å². The van der Waals surface area contributed by atoms with Crippen LogP contribution in [0.1, 0.15) is 19.3 Å². The van der Waals surface area contributed by atoms with Crippen LogP contribution in [0.25, 0.3) is 0 Å². The predicted molar refractivity (Wildman–Crippen MR) is 76.8 cm³/mol. The van der Waals surface area contributed by atoms with Gasteiger partial charge in [-0.1, -0.05) is 40.8 Å². The lowest BCUT2D eigenvalue weighted by Gasteiger charge is -2.36. The highest BCUT2D eigenvalue weighted by atomic mass is 127. The van der Waals surface area contributed by atoms with Crippen molar-refractivity contribution < 1.29 is 4.74 Å². The van der Waals surface area contributed by atoms with Gasteiger partial charge in [0.2, 0.25) is 0 Å². The molecule has 0 N–H and O–H groups in total. The number of ether oxygens (including phenoxy) is 1. The maximum absolute atomic E-state index is 6.25. The molecule has 0 aromatic carbocycles. The van der Waals surface area contributed by atoms with Crippen molar-refractivity contribution in [3.63, 3.8) is 0 Å². The summed E-state index contributed by atoms with van der Waals surface area (Å²) >= 11 is 8.51. The largest absolute Gasteiger partial charge is 0.373 e. The van der Waals surface area contributed by atoms with E-state index in [0.29, 0.717) is 0 Å². The fourth-order valence-electron chi connectivity index (χ4n) is 2.15. The number of methoxy groups -OCH3 is 1. The van der Waals surface area contributed by atoms with Crippen LogP contribution in [0.4, 0.5) is 0 Å². The monoisotopic (exact) mass is 351 g/mol. The minimum absolute atomic E-state index is 0.178. The molecule has 4 heteroatoms. The molecule has 0 radical (unpaired) electrons. The van der Waals surface area contributed by atoms with Gasteiger partial charge in [0.05, 0.1) is 5.60 Å². The van der Waals surface area contributed by atoms with Gasteiger partial charge in [-0.05, 0) is 12.0 Å². The number of rotatable bonds is 2. The molecule has 0 saturated carbocycles. The number of hydrogen-bond donors (Lipinski definition) is 0. The molecule has 0 bridgehead atoms. The summed E-state index contributed by atoms with van der Waals surface area (Å²) in [6, 6.07) is 0. The van der Waals surface area contributed by atoms with E-state index in [1.54, 1.807) is 7.11 Å². The Kier molecular flexibility index (Phi) is 3.76. The topological polar surface area (TPSA) is 21.6 Å². The summed E-state index contributed by atoms with van der Waals surface area (Å²) in [4.78, 5) is 4.26. The average molecular weight is 352 g/mol. The number of alkyl halides is 2. The zero-order valence-corrected chi connectivity index (χ0v) is 12.2. The first-order valence-corrected chi connectivity index (χ1v) is 6.85. The van der Waals surface area contributed by atoms with Crippen molar-refractivity contribution in [1.82, 2.24) is 0 Å². The molecule has 0 aromatic heterocycles. The molecule has 2 aliphatic rings. The zero-order valence-electron chi connectivity index (χ0n) is 9.25. The summed E-state index contributed by atoms with van der Waals surface area (Å²) in [7, 11) is 1.78. The van der Waals surface area contributed by atoms with Gasteiger partial charge < -0.3 is 4.74 Å². The third-order valence-electron chi connectivity index (χ3n) is 3.21. The molecule has 1 aliphatic carbocycles. The van der Waals surface area contributed by atoms with Crippen molar-refractivity contribution in [1.29, 1.82) is 0 Å². The highest BCUT2D eigenvalue weighted by Crippen LogP contribution is 2.40. The maximum Gasteiger partial charge on any atom is 0.117 e. The molecular weight excluding hydrogens is 336 g/mol. The van der Waals surface area contributed by atoms with Crippen molar-refractivity contribution in [3.05, 3.63) is 23.8 Å². The number of allylic oxidation sites excluding steroid dienone is 2. The van der Waals surface area contributed by atoms with Crippen LogP contribution in [0.2, 0.25) is 0 Å². The van der Waals surface area contributed by atoms with Crippen LogP contribution in [0.5, 0.6) is 0 Å². The fourth-order valence-corrected chi connectivity index (χ4v) is 2.69. The Morgan fingerprint density at radius 3 is 2.81 bits per heavy atom. The average Bonchev–Trinajstić information content (AvgIpc) is 2.30. The summed E-state index contributed by atoms with van der Waals surface area (Å²) in [5.74, 6) is 0. The Morgan fingerprint density at radius 2 is 2.31 bits per heavy atom. The molecule has 88 valence electrons. The standard InChI is InChI=1S/C12H15ClINO/c1-16-11(6-8-15-9-7-11)10-2-4-12(13,14)5-3-10/h2-4,8H,5-7,9H2,1H3/t11?,12-/m1/s1. The van der Waals surface area contributed by atoms with Gasteiger partial charge in [-0.3, -0.25) is 4.99 Å². The maximum atomic E-state index is 6.25. The number of hydrogen-bond acceptors (Lipinski definition) is 2. The fraction of sp³-hybridized carbons (Fsp3) is 0.583. The van der Waals surface area contributed by atoms with E-state index in [9.17, 15) is 0 Å². The molecular formula is C12H15ClINO. The van der Waals surface area contributed by atoms with Gasteiger partial charge in [0, 0.05) is 32.7 Å². The Labute approximate surface area is 115 Å². The normalized spacial score (nSPS) is 38.6. The van der Waals surface area contributed by atoms with E-state index < -0.39 is 0 Å². The third-order valence-corrected chi connectivity index (χ3v) is 4.29. The molecule has 16 heavy (non-hydrogen) atoms. The van der Waals surface area contributed by atoms with Crippen LogP contribution in [-0.4, -0.2) is 28.4 Å². The molecule has 1 aliphatic heterocycles. The first-order valence-electron chi connectivity index (χ1n) is 5.39. The van der Waals surface area contributed by atoms with Crippen molar-refractivity contribution in [2.45, 2.75) is 27.7 Å². The Morgan fingerprint density at radius 1 is 1.50 bits per heavy atom. The van der Waals surface area contributed by atoms with Gasteiger partial charge in [0.15, 0.2) is 0 Å². The highest BCUT2D eigenvalue weighted by Gasteiger charge is 2.35. The van der Waals surface area contributed by atoms with Crippen LogP contribution in [0.15, 0.2) is 28.8 Å². The predicted octanol–water partition coefficient (Wildman–Crippen LogP) is 3.49. The van der Waals surface area contributed by atoms with Crippen LogP contribution in [0, 0.1) is 0 Å². The van der Waals surface area contributed by atoms with Crippen LogP contribution in [-0.2, 0) is 4.74 Å². The molecule has 2 nitrogen and oxygen atoms in total. The molecule has 1 unspecified atom stereocenters. The summed E-state index contributed by atoms with van der Waals surface area (Å²) in [6.07, 6.45) is 11.0. The second-order valence-electron chi connectivity index (χ2n) is 4.20. The van der Waals surface area contributed by atoms with Gasteiger partial charge >= 0.3 is 0 Å². The van der Waals surface area contributed by atoms with Crippen molar-refractivity contribution in [2.75, 3.05) is 13.7 Å². The third kappa shape index (κ3) is 2.51. The first kappa shape index (κ1) is 12.6. The van der Waals surface area contributed by atoms with E-state index in [1.165, 1.54) is 5.57 Å². The molecule has 0 aromatic rings. The second-order valence-corrected chi connectivity index (χ2v) is 7.44. The lowest BCUT2D eigenvalue weighted by molar-refractivity contribution is 0.0234. The Bertz CT molecular complexity index is 362. The lowest BCUT2D eigenvalue weighted by atomic mass is 9.83. The second kappa shape index (κ2) is 4.78. The van der Waals surface area contributed by atoms with Crippen LogP contribution >= 0.6 is 34.2 Å². The minimum Gasteiger partial charge on any atom is -0.373 e. The van der Waals surface area contributed by atoms with Crippen molar-refractivity contribution in [3.8, 4) is 0 Å². The van der Waals surface area contributed by atoms with Crippen molar-refractivity contribution in [2.24, 2.45) is 4.99 Å². The molecule has 1 heterocycles. The quantitative estimate of drug-likeness (QED) is 0.551. The number of nitrogens with zero attached hydrogens (tertiary/aromatic N) is 1. The van der Waals surface area contributed by atoms with Crippen molar-refractivity contribution >= 4 is 40.4 Å². The molecule has 2 atom stereocenters. The molecule has 0 saturated heterocycles. The summed E-state index contributed by atoms with van der Waals surface area (Å²) in [5, 5.41) is 0. The minimum atomic E-state index is -0.265. The van der Waals surface area contributed by atoms with Gasteiger partial charge in [0.25, 0.3) is 0 Å². The molecule has 2 rings (SSSR count). The van der Waals surface area contributed by atoms with Gasteiger partial charge in [-0.25, -0.2) is 0 Å². The van der Waals surface area contributed by atoms with Gasteiger partial charge in [-0.2, -0.15) is 0 Å². The number of halogens is 2. The first-order chi connectivity index (χ1) is 7.58. The lowest BCUT2D eigenvalue weighted by Crippen LogP contribution is -2.37. The van der Waals surface area contributed by atoms with E-state index >= 15 is 0 Å². The summed E-state index contributed by atoms with van der Waals surface area (Å²) in [5.41, 5.74) is 1.07. The summed E-state index contributed by atoms with van der Waals surface area (Å²) in [6.45, 7) is 0.843. The van der Waals surface area contributed by atoms with E-state index in [0.717, 1.165) is 25.8 Å². The Hall–Kier alpha value is 0.130. The molecule has 0 amide bonds. The summed E-state index contributed by atoms with van der Waals surface area (Å²) < 4.78 is 5.47. The van der Waals surface area contributed by atoms with E-state index in [2.05, 4.69) is 45.8 Å². The number of aliphatic imine (C=N–C) groups is 1. The highest BCUT2D eigenvalue weighted by molar-refractivity contribution is 14.1. The van der Waals surface area contributed by atoms with Crippen LogP contribution < -0.4 is 0 Å². The van der Waals surface area contributed by atoms with E-state index in [-0.39, 0.29) is 8.48 Å². The van der Waals surface area contributed by atoms with Crippen LogP contribution in [0.3, 0.4) is 0 Å². The molecule has 0 fully saturated rings. The zero-order chi connectivity index (χ0) is 11.6. The Balaban J connectivity index is 2.21. The van der Waals surface area contributed by atoms with Gasteiger partial charge in [0.1, 0.15) is 2.88 Å².